The molecule has 0 saturated heterocycles. The Morgan fingerprint density at radius 3 is 2.43 bits per heavy atom. The lowest BCUT2D eigenvalue weighted by molar-refractivity contribution is -0.137. The number of halogens is 3. The molecule has 9 heteroatoms. The number of aryl methyl sites for hydroxylation is 1. The van der Waals surface area contributed by atoms with Crippen LogP contribution in [0.4, 0.5) is 18.9 Å². The number of anilines is 1. The maximum absolute atomic E-state index is 12.9. The molecular weight excluding hydrogens is 395 g/mol. The van der Waals surface area contributed by atoms with Crippen molar-refractivity contribution >= 4 is 17.2 Å². The highest BCUT2D eigenvalue weighted by molar-refractivity contribution is 6.04. The molecule has 4 rings (SSSR count). The van der Waals surface area contributed by atoms with Gasteiger partial charge < -0.3 is 4.90 Å². The first kappa shape index (κ1) is 19.6. The topological polar surface area (TPSA) is 63.4 Å². The van der Waals surface area contributed by atoms with E-state index < -0.39 is 11.7 Å². The number of nitrogens with zero attached hydrogens (tertiary/aromatic N) is 5. The van der Waals surface area contributed by atoms with Crippen molar-refractivity contribution in [1.29, 1.82) is 0 Å². The molecular formula is C21H16F3N5O. The molecule has 0 bridgehead atoms. The summed E-state index contributed by atoms with van der Waals surface area (Å²) in [6.07, 6.45) is 1.74. The first-order valence-corrected chi connectivity index (χ1v) is 8.96. The van der Waals surface area contributed by atoms with Crippen LogP contribution in [-0.4, -0.2) is 32.3 Å². The normalized spacial score (nSPS) is 11.6. The summed E-state index contributed by atoms with van der Waals surface area (Å²) in [6.45, 7) is 1.80. The largest absolute Gasteiger partial charge is 0.416 e. The van der Waals surface area contributed by atoms with E-state index in [0.29, 0.717) is 28.3 Å². The van der Waals surface area contributed by atoms with Gasteiger partial charge in [0.05, 0.1) is 35.0 Å². The number of benzene rings is 1. The molecule has 3 heterocycles. The predicted octanol–water partition coefficient (Wildman–Crippen LogP) is 4.40. The summed E-state index contributed by atoms with van der Waals surface area (Å²) >= 11 is 0. The number of amides is 1. The molecule has 1 aromatic carbocycles. The molecule has 0 fully saturated rings. The van der Waals surface area contributed by atoms with Gasteiger partial charge in [-0.05, 0) is 31.2 Å². The highest BCUT2D eigenvalue weighted by Gasteiger charge is 2.30. The summed E-state index contributed by atoms with van der Waals surface area (Å²) in [5.41, 5.74) is 2.35. The number of carbonyl (C=O) groups excluding carboxylic acids is 1. The fourth-order valence-electron chi connectivity index (χ4n) is 3.15. The van der Waals surface area contributed by atoms with Crippen molar-refractivity contribution in [1.82, 2.24) is 19.4 Å². The van der Waals surface area contributed by atoms with Crippen LogP contribution in [-0.2, 0) is 6.18 Å². The zero-order chi connectivity index (χ0) is 21.5. The SMILES string of the molecule is Cc1ncccc1N(C)C(=O)c1cn2c(-c3ccc(C(F)(F)F)cc3)cnc2cn1. The summed E-state index contributed by atoms with van der Waals surface area (Å²) in [5.74, 6) is -0.347. The van der Waals surface area contributed by atoms with Gasteiger partial charge in [-0.25, -0.2) is 9.97 Å². The van der Waals surface area contributed by atoms with E-state index in [4.69, 9.17) is 0 Å². The molecule has 0 saturated carbocycles. The Kier molecular flexibility index (Phi) is 4.73. The summed E-state index contributed by atoms with van der Waals surface area (Å²) in [7, 11) is 1.63. The van der Waals surface area contributed by atoms with Crippen molar-refractivity contribution < 1.29 is 18.0 Å². The average molecular weight is 411 g/mol. The molecule has 0 radical (unpaired) electrons. The minimum Gasteiger partial charge on any atom is -0.308 e. The number of hydrogen-bond acceptors (Lipinski definition) is 4. The van der Waals surface area contributed by atoms with Crippen molar-refractivity contribution in [2.24, 2.45) is 0 Å². The molecule has 6 nitrogen and oxygen atoms in total. The van der Waals surface area contributed by atoms with Crippen molar-refractivity contribution in [2.45, 2.75) is 13.1 Å². The lowest BCUT2D eigenvalue weighted by Crippen LogP contribution is -2.28. The molecule has 0 unspecified atom stereocenters. The van der Waals surface area contributed by atoms with E-state index in [1.54, 1.807) is 36.7 Å². The van der Waals surface area contributed by atoms with Crippen LogP contribution in [0.5, 0.6) is 0 Å². The Balaban J connectivity index is 1.71. The quantitative estimate of drug-likeness (QED) is 0.502. The van der Waals surface area contributed by atoms with Crippen LogP contribution in [0.2, 0.25) is 0 Å². The molecule has 1 amide bonds. The van der Waals surface area contributed by atoms with Gasteiger partial charge in [-0.3, -0.25) is 14.2 Å². The standard InChI is InChI=1S/C21H16F3N5O/c1-13-17(4-3-9-25-13)28(2)20(30)16-12-29-18(10-27-19(29)11-26-16)14-5-7-15(8-6-14)21(22,23)24/h3-12H,1-2H3. The van der Waals surface area contributed by atoms with Crippen LogP contribution in [0.15, 0.2) is 61.2 Å². The number of aromatic nitrogens is 4. The molecule has 0 N–H and O–H groups in total. The van der Waals surface area contributed by atoms with Gasteiger partial charge in [0.1, 0.15) is 5.69 Å². The Morgan fingerprint density at radius 1 is 1.03 bits per heavy atom. The number of hydrogen-bond donors (Lipinski definition) is 0. The Hall–Kier alpha value is -3.75. The fourth-order valence-corrected chi connectivity index (χ4v) is 3.15. The molecule has 0 atom stereocenters. The van der Waals surface area contributed by atoms with Gasteiger partial charge in [0.25, 0.3) is 5.91 Å². The maximum Gasteiger partial charge on any atom is 0.416 e. The average Bonchev–Trinajstić information content (AvgIpc) is 3.16. The molecule has 0 spiro atoms. The monoisotopic (exact) mass is 411 g/mol. The van der Waals surface area contributed by atoms with Gasteiger partial charge in [-0.2, -0.15) is 13.2 Å². The second-order valence-electron chi connectivity index (χ2n) is 6.69. The number of fused-ring (bicyclic) bond motifs is 1. The van der Waals surface area contributed by atoms with Crippen LogP contribution in [0, 0.1) is 6.92 Å². The van der Waals surface area contributed by atoms with Gasteiger partial charge in [-0.15, -0.1) is 0 Å². The van der Waals surface area contributed by atoms with E-state index in [-0.39, 0.29) is 11.6 Å². The highest BCUT2D eigenvalue weighted by atomic mass is 19.4. The summed E-state index contributed by atoms with van der Waals surface area (Å²) in [4.78, 5) is 27.0. The van der Waals surface area contributed by atoms with E-state index in [0.717, 1.165) is 12.1 Å². The third-order valence-electron chi connectivity index (χ3n) is 4.77. The van der Waals surface area contributed by atoms with E-state index in [1.165, 1.54) is 35.6 Å². The second-order valence-corrected chi connectivity index (χ2v) is 6.69. The second kappa shape index (κ2) is 7.25. The first-order valence-electron chi connectivity index (χ1n) is 8.96. The van der Waals surface area contributed by atoms with Gasteiger partial charge in [0.15, 0.2) is 5.65 Å². The summed E-state index contributed by atoms with van der Waals surface area (Å²) < 4.78 is 40.1. The highest BCUT2D eigenvalue weighted by Crippen LogP contribution is 2.31. The van der Waals surface area contributed by atoms with E-state index in [9.17, 15) is 18.0 Å². The lowest BCUT2D eigenvalue weighted by Gasteiger charge is -2.18. The van der Waals surface area contributed by atoms with E-state index in [2.05, 4.69) is 15.0 Å². The third-order valence-corrected chi connectivity index (χ3v) is 4.77. The van der Waals surface area contributed by atoms with Gasteiger partial charge in [0.2, 0.25) is 0 Å². The molecule has 30 heavy (non-hydrogen) atoms. The Bertz CT molecular complexity index is 1230. The molecule has 3 aromatic heterocycles. The first-order chi connectivity index (χ1) is 14.3. The molecule has 0 aliphatic carbocycles. The number of alkyl halides is 3. The van der Waals surface area contributed by atoms with E-state index >= 15 is 0 Å². The van der Waals surface area contributed by atoms with Crippen LogP contribution in [0.25, 0.3) is 16.9 Å². The van der Waals surface area contributed by atoms with Crippen LogP contribution < -0.4 is 4.90 Å². The smallest absolute Gasteiger partial charge is 0.308 e. The molecule has 4 aromatic rings. The zero-order valence-corrected chi connectivity index (χ0v) is 16.1. The van der Waals surface area contributed by atoms with Crippen molar-refractivity contribution in [3.8, 4) is 11.3 Å². The van der Waals surface area contributed by atoms with Crippen LogP contribution >= 0.6 is 0 Å². The number of carbonyl (C=O) groups is 1. The lowest BCUT2D eigenvalue weighted by atomic mass is 10.1. The number of rotatable bonds is 3. The Morgan fingerprint density at radius 2 is 1.77 bits per heavy atom. The summed E-state index contributed by atoms with van der Waals surface area (Å²) in [6, 6.07) is 8.30. The number of pyridine rings is 1. The third kappa shape index (κ3) is 3.49. The summed E-state index contributed by atoms with van der Waals surface area (Å²) in [5, 5.41) is 0. The minimum absolute atomic E-state index is 0.166. The number of imidazole rings is 1. The van der Waals surface area contributed by atoms with Crippen molar-refractivity contribution in [2.75, 3.05) is 11.9 Å². The van der Waals surface area contributed by atoms with Crippen molar-refractivity contribution in [3.63, 3.8) is 0 Å². The van der Waals surface area contributed by atoms with Gasteiger partial charge in [-0.1, -0.05) is 12.1 Å². The van der Waals surface area contributed by atoms with Crippen LogP contribution in [0.1, 0.15) is 21.7 Å². The zero-order valence-electron chi connectivity index (χ0n) is 16.1. The molecule has 152 valence electrons. The van der Waals surface area contributed by atoms with Crippen molar-refractivity contribution in [3.05, 3.63) is 78.1 Å². The predicted molar refractivity (Wildman–Crippen MR) is 105 cm³/mol. The maximum atomic E-state index is 12.9. The molecule has 0 aliphatic rings. The van der Waals surface area contributed by atoms with E-state index in [1.807, 2.05) is 0 Å². The molecule has 0 aliphatic heterocycles. The van der Waals surface area contributed by atoms with Gasteiger partial charge in [0, 0.05) is 25.0 Å². The Labute approximate surface area is 169 Å². The fraction of sp³-hybridized carbons (Fsp3) is 0.143. The van der Waals surface area contributed by atoms with Crippen LogP contribution in [0.3, 0.4) is 0 Å². The minimum atomic E-state index is -4.41. The van der Waals surface area contributed by atoms with Gasteiger partial charge >= 0.3 is 6.18 Å².